The quantitative estimate of drug-likeness (QED) is 0.186. The Kier molecular flexibility index (Phi) is 5.96. The van der Waals surface area contributed by atoms with Gasteiger partial charge in [0, 0.05) is 49.3 Å². The Morgan fingerprint density at radius 1 is 0.353 bits per heavy atom. The van der Waals surface area contributed by atoms with Gasteiger partial charge in [0.1, 0.15) is 11.2 Å². The lowest BCUT2D eigenvalue weighted by Gasteiger charge is -2.13. The molecule has 0 unspecified atom stereocenters. The van der Waals surface area contributed by atoms with Crippen LogP contribution in [0.4, 0.5) is 0 Å². The second-order valence-electron chi connectivity index (χ2n) is 13.3. The molecule has 0 atom stereocenters. The average molecular weight is 651 g/mol. The highest BCUT2D eigenvalue weighted by molar-refractivity contribution is 6.30. The second kappa shape index (κ2) is 10.8. The van der Waals surface area contributed by atoms with E-state index in [1.807, 2.05) is 6.07 Å². The van der Waals surface area contributed by atoms with Crippen molar-refractivity contribution in [2.24, 2.45) is 0 Å². The molecule has 0 saturated carbocycles. The fourth-order valence-electron chi connectivity index (χ4n) is 8.36. The molecule has 3 aromatic heterocycles. The van der Waals surface area contributed by atoms with Crippen molar-refractivity contribution in [3.05, 3.63) is 182 Å². The molecule has 0 aliphatic rings. The number of nitrogens with zero attached hydrogens (tertiary/aromatic N) is 2. The molecule has 0 radical (unpaired) electrons. The van der Waals surface area contributed by atoms with Gasteiger partial charge in [-0.05, 0) is 71.3 Å². The third kappa shape index (κ3) is 4.06. The third-order valence-electron chi connectivity index (χ3n) is 10.5. The summed E-state index contributed by atoms with van der Waals surface area (Å²) < 4.78 is 11.4. The molecule has 0 amide bonds. The van der Waals surface area contributed by atoms with Gasteiger partial charge >= 0.3 is 0 Å². The molecule has 0 bridgehead atoms. The Balaban J connectivity index is 1.30. The van der Waals surface area contributed by atoms with Crippen LogP contribution >= 0.6 is 0 Å². The Morgan fingerprint density at radius 2 is 0.902 bits per heavy atom. The summed E-state index contributed by atoms with van der Waals surface area (Å²) in [6.45, 7) is 0. The zero-order valence-corrected chi connectivity index (χ0v) is 27.6. The molecule has 0 fully saturated rings. The smallest absolute Gasteiger partial charge is 0.143 e. The first-order chi connectivity index (χ1) is 25.3. The van der Waals surface area contributed by atoms with Gasteiger partial charge in [-0.25, -0.2) is 0 Å². The van der Waals surface area contributed by atoms with Crippen LogP contribution in [-0.2, 0) is 0 Å². The van der Waals surface area contributed by atoms with Gasteiger partial charge in [-0.3, -0.25) is 0 Å². The van der Waals surface area contributed by atoms with Gasteiger partial charge in [0.25, 0.3) is 0 Å². The molecule has 0 aliphatic heterocycles. The summed E-state index contributed by atoms with van der Waals surface area (Å²) in [6.07, 6.45) is 0. The molecule has 51 heavy (non-hydrogen) atoms. The predicted octanol–water partition coefficient (Wildman–Crippen LogP) is 13.1. The van der Waals surface area contributed by atoms with Crippen LogP contribution < -0.4 is 0 Å². The summed E-state index contributed by atoms with van der Waals surface area (Å²) in [4.78, 5) is 0. The fraction of sp³-hybridized carbons (Fsp3) is 0. The van der Waals surface area contributed by atoms with Crippen molar-refractivity contribution < 1.29 is 4.42 Å². The molecule has 11 rings (SSSR count). The summed E-state index contributed by atoms with van der Waals surface area (Å²) >= 11 is 0. The van der Waals surface area contributed by atoms with Gasteiger partial charge < -0.3 is 13.6 Å². The van der Waals surface area contributed by atoms with E-state index in [9.17, 15) is 0 Å². The normalized spacial score (nSPS) is 11.9. The maximum Gasteiger partial charge on any atom is 0.143 e. The summed E-state index contributed by atoms with van der Waals surface area (Å²) in [5.74, 6) is 0. The van der Waals surface area contributed by atoms with Crippen LogP contribution in [0, 0.1) is 0 Å². The lowest BCUT2D eigenvalue weighted by Crippen LogP contribution is -1.96. The van der Waals surface area contributed by atoms with Crippen molar-refractivity contribution >= 4 is 65.6 Å². The van der Waals surface area contributed by atoms with Crippen LogP contribution in [0.15, 0.2) is 186 Å². The van der Waals surface area contributed by atoms with Gasteiger partial charge in [-0.2, -0.15) is 0 Å². The van der Waals surface area contributed by atoms with Crippen molar-refractivity contribution in [2.75, 3.05) is 0 Å². The number of hydrogen-bond donors (Lipinski definition) is 0. The highest BCUT2D eigenvalue weighted by Crippen LogP contribution is 2.47. The monoisotopic (exact) mass is 650 g/mol. The average Bonchev–Trinajstić information content (AvgIpc) is 3.86. The van der Waals surface area contributed by atoms with Crippen LogP contribution in [0.25, 0.3) is 99.2 Å². The van der Waals surface area contributed by atoms with Crippen molar-refractivity contribution in [2.45, 2.75) is 0 Å². The first-order valence-corrected chi connectivity index (χ1v) is 17.4. The summed E-state index contributed by atoms with van der Waals surface area (Å²) in [7, 11) is 0. The molecule has 3 nitrogen and oxygen atoms in total. The fourth-order valence-corrected chi connectivity index (χ4v) is 8.36. The van der Waals surface area contributed by atoms with E-state index in [2.05, 4.69) is 185 Å². The zero-order valence-electron chi connectivity index (χ0n) is 27.6. The van der Waals surface area contributed by atoms with Gasteiger partial charge in [0.15, 0.2) is 0 Å². The van der Waals surface area contributed by atoms with Crippen molar-refractivity contribution in [1.82, 2.24) is 9.13 Å². The lowest BCUT2D eigenvalue weighted by molar-refractivity contribution is 0.670. The van der Waals surface area contributed by atoms with E-state index in [-0.39, 0.29) is 0 Å². The van der Waals surface area contributed by atoms with Crippen LogP contribution in [0.1, 0.15) is 0 Å². The Bertz CT molecular complexity index is 3130. The maximum absolute atomic E-state index is 6.51. The van der Waals surface area contributed by atoms with Crippen LogP contribution in [0.5, 0.6) is 0 Å². The molecule has 0 N–H and O–H groups in total. The minimum absolute atomic E-state index is 0.908. The largest absolute Gasteiger partial charge is 0.455 e. The topological polar surface area (TPSA) is 23.0 Å². The highest BCUT2D eigenvalue weighted by Gasteiger charge is 2.24. The molecule has 8 aromatic carbocycles. The minimum Gasteiger partial charge on any atom is -0.455 e. The lowest BCUT2D eigenvalue weighted by atomic mass is 9.93. The van der Waals surface area contributed by atoms with E-state index in [1.54, 1.807) is 0 Å². The number of fused-ring (bicyclic) bond motifs is 10. The maximum atomic E-state index is 6.51. The van der Waals surface area contributed by atoms with Gasteiger partial charge in [0.05, 0.1) is 22.1 Å². The van der Waals surface area contributed by atoms with E-state index in [0.717, 1.165) is 50.0 Å². The van der Waals surface area contributed by atoms with Crippen LogP contribution in [0.3, 0.4) is 0 Å². The predicted molar refractivity (Wildman–Crippen MR) is 213 cm³/mol. The Morgan fingerprint density at radius 3 is 1.65 bits per heavy atom. The van der Waals surface area contributed by atoms with Crippen molar-refractivity contribution in [3.8, 4) is 33.6 Å². The number of benzene rings is 8. The summed E-state index contributed by atoms with van der Waals surface area (Å²) in [5.41, 5.74) is 13.4. The molecule has 11 aromatic rings. The summed E-state index contributed by atoms with van der Waals surface area (Å²) in [6, 6.07) is 65.4. The van der Waals surface area contributed by atoms with E-state index in [4.69, 9.17) is 4.42 Å². The van der Waals surface area contributed by atoms with Crippen LogP contribution in [0.2, 0.25) is 0 Å². The zero-order chi connectivity index (χ0) is 33.5. The molecule has 238 valence electrons. The standard InChI is InChI=1S/C48H30N2O/c1-3-17-33(18-4-1)49-41-26-10-8-23-39(41)46-43(49)30-40(45-38-22-7-11-27-42(38)50(47(45)46)34-19-5-2-6-20-34)32-16-13-15-31(29-32)35-24-14-25-37-36-21-9-12-28-44(36)51-48(35)37/h1-30H. The van der Waals surface area contributed by atoms with E-state index >= 15 is 0 Å². The molecule has 0 saturated heterocycles. The van der Waals surface area contributed by atoms with Gasteiger partial charge in [-0.1, -0.05) is 127 Å². The first-order valence-electron chi connectivity index (χ1n) is 17.4. The van der Waals surface area contributed by atoms with Gasteiger partial charge in [0.2, 0.25) is 0 Å². The van der Waals surface area contributed by atoms with Crippen molar-refractivity contribution in [3.63, 3.8) is 0 Å². The second-order valence-corrected chi connectivity index (χ2v) is 13.3. The van der Waals surface area contributed by atoms with Gasteiger partial charge in [-0.15, -0.1) is 0 Å². The number of rotatable bonds is 4. The summed E-state index contributed by atoms with van der Waals surface area (Å²) in [5, 5.41) is 7.23. The molecule has 0 aliphatic carbocycles. The minimum atomic E-state index is 0.908. The van der Waals surface area contributed by atoms with E-state index in [1.165, 1.54) is 49.2 Å². The number of aromatic nitrogens is 2. The molecular formula is C48H30N2O. The highest BCUT2D eigenvalue weighted by atomic mass is 16.3. The third-order valence-corrected chi connectivity index (χ3v) is 10.5. The molecule has 3 heteroatoms. The SMILES string of the molecule is c1ccc(-n2c3ccccc3c3c2cc(-c2cccc(-c4cccc5c4oc4ccccc45)c2)c2c4ccccc4n(-c4ccccc4)c23)cc1. The van der Waals surface area contributed by atoms with Crippen LogP contribution in [-0.4, -0.2) is 9.13 Å². The van der Waals surface area contributed by atoms with Crippen molar-refractivity contribution in [1.29, 1.82) is 0 Å². The number of hydrogen-bond acceptors (Lipinski definition) is 1. The Labute approximate surface area is 293 Å². The van der Waals surface area contributed by atoms with E-state index in [0.29, 0.717) is 0 Å². The molecule has 0 spiro atoms. The Hall–Kier alpha value is -6.84. The molecule has 3 heterocycles. The molecular weight excluding hydrogens is 621 g/mol. The number of para-hydroxylation sites is 6. The van der Waals surface area contributed by atoms with E-state index < -0.39 is 0 Å². The first kappa shape index (κ1) is 28.0. The number of furan rings is 1.